The van der Waals surface area contributed by atoms with E-state index < -0.39 is 42.6 Å². The third-order valence-electron chi connectivity index (χ3n) is 3.08. The van der Waals surface area contributed by atoms with E-state index in [1.807, 2.05) is 0 Å². The van der Waals surface area contributed by atoms with Crippen molar-refractivity contribution in [2.75, 3.05) is 18.5 Å². The van der Waals surface area contributed by atoms with Gasteiger partial charge in [0, 0.05) is 5.69 Å². The molecule has 2 amide bonds. The quantitative estimate of drug-likeness (QED) is 0.752. The molecule has 0 saturated heterocycles. The van der Waals surface area contributed by atoms with E-state index in [9.17, 15) is 23.2 Å². The van der Waals surface area contributed by atoms with Crippen LogP contribution in [0.1, 0.15) is 10.4 Å². The van der Waals surface area contributed by atoms with Crippen molar-refractivity contribution in [3.63, 3.8) is 0 Å². The molecule has 9 heteroatoms. The zero-order chi connectivity index (χ0) is 19.1. The van der Waals surface area contributed by atoms with Gasteiger partial charge in [-0.05, 0) is 30.3 Å². The summed E-state index contributed by atoms with van der Waals surface area (Å²) >= 11 is 5.58. The van der Waals surface area contributed by atoms with Crippen molar-refractivity contribution in [3.05, 3.63) is 64.7 Å². The molecule has 0 saturated carbocycles. The fourth-order valence-corrected chi connectivity index (χ4v) is 2.04. The first-order valence-electron chi connectivity index (χ1n) is 7.30. The number of rotatable bonds is 6. The molecule has 0 heterocycles. The zero-order valence-corrected chi connectivity index (χ0v) is 14.0. The number of hydrogen-bond donors (Lipinski definition) is 2. The lowest BCUT2D eigenvalue weighted by atomic mass is 10.2. The summed E-state index contributed by atoms with van der Waals surface area (Å²) in [5.74, 6) is -3.72. The zero-order valence-electron chi connectivity index (χ0n) is 13.2. The molecule has 0 unspecified atom stereocenters. The Morgan fingerprint density at radius 1 is 1.04 bits per heavy atom. The Morgan fingerprint density at radius 3 is 2.46 bits per heavy atom. The largest absolute Gasteiger partial charge is 0.454 e. The highest BCUT2D eigenvalue weighted by Gasteiger charge is 2.13. The van der Waals surface area contributed by atoms with Crippen LogP contribution in [0, 0.1) is 11.6 Å². The monoisotopic (exact) mass is 382 g/mol. The standard InChI is InChI=1S/C17H13ClF2N2O4/c18-12-7-10(5-6-14(12)20)22-15(23)9-26-16(24)8-21-17(25)11-3-1-2-4-13(11)19/h1-7H,8-9H2,(H,21,25)(H,22,23). The van der Waals surface area contributed by atoms with Crippen molar-refractivity contribution >= 4 is 35.1 Å². The lowest BCUT2D eigenvalue weighted by molar-refractivity contribution is -0.146. The lowest BCUT2D eigenvalue weighted by Crippen LogP contribution is -2.32. The minimum atomic E-state index is -0.887. The number of carbonyl (C=O) groups excluding carboxylic acids is 3. The molecule has 26 heavy (non-hydrogen) atoms. The molecule has 2 rings (SSSR count). The SMILES string of the molecule is O=C(COC(=O)CNC(=O)c1ccccc1F)Nc1ccc(F)c(Cl)c1. The molecule has 0 radical (unpaired) electrons. The molecule has 0 fully saturated rings. The minimum Gasteiger partial charge on any atom is -0.454 e. The molecule has 0 spiro atoms. The number of amides is 2. The molecule has 2 aromatic rings. The lowest BCUT2D eigenvalue weighted by Gasteiger charge is -2.08. The van der Waals surface area contributed by atoms with Gasteiger partial charge in [0.2, 0.25) is 0 Å². The van der Waals surface area contributed by atoms with Crippen molar-refractivity contribution in [2.45, 2.75) is 0 Å². The van der Waals surface area contributed by atoms with Crippen molar-refractivity contribution in [1.29, 1.82) is 0 Å². The molecule has 6 nitrogen and oxygen atoms in total. The summed E-state index contributed by atoms with van der Waals surface area (Å²) < 4.78 is 31.1. The van der Waals surface area contributed by atoms with E-state index in [1.165, 1.54) is 30.3 Å². The Balaban J connectivity index is 1.76. The van der Waals surface area contributed by atoms with Gasteiger partial charge in [-0.1, -0.05) is 23.7 Å². The van der Waals surface area contributed by atoms with Crippen molar-refractivity contribution in [3.8, 4) is 0 Å². The summed E-state index contributed by atoms with van der Waals surface area (Å²) in [5, 5.41) is 4.37. The van der Waals surface area contributed by atoms with Gasteiger partial charge in [-0.15, -0.1) is 0 Å². The van der Waals surface area contributed by atoms with Crippen molar-refractivity contribution in [2.24, 2.45) is 0 Å². The van der Waals surface area contributed by atoms with Crippen LogP contribution in [0.3, 0.4) is 0 Å². The maximum Gasteiger partial charge on any atom is 0.325 e. The Hall–Kier alpha value is -3.00. The predicted octanol–water partition coefficient (Wildman–Crippen LogP) is 2.53. The number of hydrogen-bond acceptors (Lipinski definition) is 4. The third kappa shape index (κ3) is 5.52. The van der Waals surface area contributed by atoms with Crippen LogP contribution < -0.4 is 10.6 Å². The number of nitrogens with one attached hydrogen (secondary N) is 2. The van der Waals surface area contributed by atoms with Crippen molar-refractivity contribution < 1.29 is 27.9 Å². The first-order valence-corrected chi connectivity index (χ1v) is 7.68. The minimum absolute atomic E-state index is 0.171. The van der Waals surface area contributed by atoms with E-state index in [-0.39, 0.29) is 16.3 Å². The number of anilines is 1. The van der Waals surface area contributed by atoms with E-state index in [2.05, 4.69) is 15.4 Å². The van der Waals surface area contributed by atoms with Gasteiger partial charge in [-0.3, -0.25) is 14.4 Å². The van der Waals surface area contributed by atoms with E-state index in [0.29, 0.717) is 0 Å². The summed E-state index contributed by atoms with van der Waals surface area (Å²) in [6.07, 6.45) is 0. The molecule has 0 bridgehead atoms. The number of benzene rings is 2. The van der Waals surface area contributed by atoms with Gasteiger partial charge in [0.05, 0.1) is 10.6 Å². The summed E-state index contributed by atoms with van der Waals surface area (Å²) in [5.41, 5.74) is 0.0107. The number of ether oxygens (including phenoxy) is 1. The summed E-state index contributed by atoms with van der Waals surface area (Å²) in [7, 11) is 0. The van der Waals surface area contributed by atoms with Crippen LogP contribution in [0.25, 0.3) is 0 Å². The normalized spacial score (nSPS) is 10.1. The maximum atomic E-state index is 13.4. The van der Waals surface area contributed by atoms with Gasteiger partial charge in [0.25, 0.3) is 11.8 Å². The predicted molar refractivity (Wildman–Crippen MR) is 89.7 cm³/mol. The van der Waals surface area contributed by atoms with Crippen LogP contribution in [0.15, 0.2) is 42.5 Å². The summed E-state index contributed by atoms with van der Waals surface area (Å²) in [6.45, 7) is -1.16. The van der Waals surface area contributed by atoms with Gasteiger partial charge in [-0.2, -0.15) is 0 Å². The summed E-state index contributed by atoms with van der Waals surface area (Å²) in [6, 6.07) is 8.83. The highest BCUT2D eigenvalue weighted by molar-refractivity contribution is 6.31. The topological polar surface area (TPSA) is 84.5 Å². The molecule has 2 aromatic carbocycles. The van der Waals surface area contributed by atoms with E-state index in [0.717, 1.165) is 12.1 Å². The molecule has 0 aliphatic heterocycles. The second-order valence-electron chi connectivity index (χ2n) is 5.00. The molecular formula is C17H13ClF2N2O4. The van der Waals surface area contributed by atoms with Crippen LogP contribution >= 0.6 is 11.6 Å². The molecule has 0 atom stereocenters. The van der Waals surface area contributed by atoms with Gasteiger partial charge in [-0.25, -0.2) is 8.78 Å². The van der Waals surface area contributed by atoms with Crippen LogP contribution in [0.2, 0.25) is 5.02 Å². The fourth-order valence-electron chi connectivity index (χ4n) is 1.86. The number of carbonyl (C=O) groups is 3. The molecule has 2 N–H and O–H groups in total. The van der Waals surface area contributed by atoms with Gasteiger partial charge in [0.15, 0.2) is 6.61 Å². The smallest absolute Gasteiger partial charge is 0.325 e. The van der Waals surface area contributed by atoms with Crippen LogP contribution in [-0.4, -0.2) is 30.9 Å². The third-order valence-corrected chi connectivity index (χ3v) is 3.37. The molecule has 0 aliphatic carbocycles. The Morgan fingerprint density at radius 2 is 1.77 bits per heavy atom. The maximum absolute atomic E-state index is 13.4. The van der Waals surface area contributed by atoms with Crippen molar-refractivity contribution in [1.82, 2.24) is 5.32 Å². The molecule has 136 valence electrons. The van der Waals surface area contributed by atoms with Crippen LogP contribution in [0.5, 0.6) is 0 Å². The Kier molecular flexibility index (Phi) is 6.62. The van der Waals surface area contributed by atoms with Gasteiger partial charge < -0.3 is 15.4 Å². The van der Waals surface area contributed by atoms with E-state index in [1.54, 1.807) is 0 Å². The van der Waals surface area contributed by atoms with E-state index in [4.69, 9.17) is 11.6 Å². The van der Waals surface area contributed by atoms with Crippen LogP contribution in [-0.2, 0) is 14.3 Å². The van der Waals surface area contributed by atoms with Gasteiger partial charge in [0.1, 0.15) is 18.2 Å². The van der Waals surface area contributed by atoms with Gasteiger partial charge >= 0.3 is 5.97 Å². The Labute approximate surface area is 152 Å². The average Bonchev–Trinajstić information content (AvgIpc) is 2.61. The first kappa shape index (κ1) is 19.3. The second kappa shape index (κ2) is 8.91. The summed E-state index contributed by atoms with van der Waals surface area (Å²) in [4.78, 5) is 34.9. The number of esters is 1. The molecule has 0 aromatic heterocycles. The van der Waals surface area contributed by atoms with Crippen LogP contribution in [0.4, 0.5) is 14.5 Å². The highest BCUT2D eigenvalue weighted by Crippen LogP contribution is 2.19. The molecular weight excluding hydrogens is 370 g/mol. The number of halogens is 3. The molecule has 0 aliphatic rings. The second-order valence-corrected chi connectivity index (χ2v) is 5.41. The van der Waals surface area contributed by atoms with E-state index >= 15 is 0 Å². The highest BCUT2D eigenvalue weighted by atomic mass is 35.5. The first-order chi connectivity index (χ1) is 12.4. The average molecular weight is 383 g/mol. The Bertz CT molecular complexity index is 845. The fraction of sp³-hybridized carbons (Fsp3) is 0.118.